The van der Waals surface area contributed by atoms with E-state index in [4.69, 9.17) is 4.99 Å². The first-order valence-corrected chi connectivity index (χ1v) is 5.75. The third kappa shape index (κ3) is 1.49. The molecule has 0 amide bonds. The Labute approximate surface area is 86.8 Å². The lowest BCUT2D eigenvalue weighted by Gasteiger charge is -2.29. The molecule has 0 saturated heterocycles. The molecule has 1 aliphatic carbocycles. The van der Waals surface area contributed by atoms with Gasteiger partial charge in [-0.15, -0.1) is 0 Å². The van der Waals surface area contributed by atoms with E-state index in [9.17, 15) is 0 Å². The van der Waals surface area contributed by atoms with Crippen LogP contribution < -0.4 is 0 Å². The Morgan fingerprint density at radius 2 is 2.21 bits per heavy atom. The maximum atomic E-state index is 4.82. The minimum Gasteiger partial charge on any atom is -0.349 e. The van der Waals surface area contributed by atoms with Crippen molar-refractivity contribution in [3.63, 3.8) is 0 Å². The largest absolute Gasteiger partial charge is 0.349 e. The van der Waals surface area contributed by atoms with Gasteiger partial charge in [0.2, 0.25) is 0 Å². The number of fused-ring (bicyclic) bond motifs is 1. The smallest absolute Gasteiger partial charge is 0.196 e. The summed E-state index contributed by atoms with van der Waals surface area (Å²) in [4.78, 5) is 9.49. The average Bonchev–Trinajstić information content (AvgIpc) is 2.67. The second kappa shape index (κ2) is 3.79. The van der Waals surface area contributed by atoms with Crippen molar-refractivity contribution in [2.75, 3.05) is 20.6 Å². The minimum absolute atomic E-state index is 0.596. The molecular weight excluding hydrogens is 174 g/mol. The number of guanidine groups is 1. The van der Waals surface area contributed by atoms with Gasteiger partial charge in [-0.05, 0) is 25.7 Å². The zero-order valence-electron chi connectivity index (χ0n) is 9.53. The summed E-state index contributed by atoms with van der Waals surface area (Å²) in [6, 6.07) is 1.31. The summed E-state index contributed by atoms with van der Waals surface area (Å²) in [6.45, 7) is 3.41. The van der Waals surface area contributed by atoms with Crippen LogP contribution in [0.25, 0.3) is 0 Å². The first-order valence-electron chi connectivity index (χ1n) is 5.75. The van der Waals surface area contributed by atoms with E-state index >= 15 is 0 Å². The van der Waals surface area contributed by atoms with Crippen LogP contribution >= 0.6 is 0 Å². The van der Waals surface area contributed by atoms with Crippen molar-refractivity contribution in [3.8, 4) is 0 Å². The number of rotatable bonds is 2. The molecule has 2 atom stereocenters. The zero-order valence-corrected chi connectivity index (χ0v) is 9.53. The molecule has 0 unspecified atom stereocenters. The minimum atomic E-state index is 0.596. The fourth-order valence-electron chi connectivity index (χ4n) is 2.68. The topological polar surface area (TPSA) is 18.8 Å². The quantitative estimate of drug-likeness (QED) is 0.666. The van der Waals surface area contributed by atoms with Crippen LogP contribution in [0.3, 0.4) is 0 Å². The van der Waals surface area contributed by atoms with E-state index < -0.39 is 0 Å². The van der Waals surface area contributed by atoms with Crippen molar-refractivity contribution in [1.29, 1.82) is 0 Å². The van der Waals surface area contributed by atoms with Gasteiger partial charge in [-0.2, -0.15) is 0 Å². The van der Waals surface area contributed by atoms with Gasteiger partial charge in [-0.25, -0.2) is 4.99 Å². The maximum absolute atomic E-state index is 4.82. The lowest BCUT2D eigenvalue weighted by Crippen LogP contribution is -2.43. The van der Waals surface area contributed by atoms with Crippen LogP contribution in [0.4, 0.5) is 0 Å². The molecule has 3 nitrogen and oxygen atoms in total. The Kier molecular flexibility index (Phi) is 2.66. The lowest BCUT2D eigenvalue weighted by molar-refractivity contribution is 0.300. The molecule has 0 aromatic carbocycles. The van der Waals surface area contributed by atoms with E-state index in [1.165, 1.54) is 31.6 Å². The third-order valence-corrected chi connectivity index (χ3v) is 3.25. The third-order valence-electron chi connectivity index (χ3n) is 3.25. The SMILES string of the molecule is CCCN1C(N(C)C)=N[C@H]2CCC[C@@H]21. The van der Waals surface area contributed by atoms with E-state index in [2.05, 4.69) is 30.8 Å². The molecule has 1 aliphatic heterocycles. The molecular formula is C11H21N3. The molecule has 14 heavy (non-hydrogen) atoms. The van der Waals surface area contributed by atoms with Gasteiger partial charge in [-0.1, -0.05) is 6.92 Å². The highest BCUT2D eigenvalue weighted by Gasteiger charge is 2.39. The van der Waals surface area contributed by atoms with Gasteiger partial charge in [0.05, 0.1) is 12.1 Å². The fraction of sp³-hybridized carbons (Fsp3) is 0.909. The summed E-state index contributed by atoms with van der Waals surface area (Å²) >= 11 is 0. The first kappa shape index (κ1) is 9.81. The summed E-state index contributed by atoms with van der Waals surface area (Å²) in [7, 11) is 4.20. The van der Waals surface area contributed by atoms with Crippen LogP contribution in [0.15, 0.2) is 4.99 Å². The van der Waals surface area contributed by atoms with Crippen molar-refractivity contribution in [1.82, 2.24) is 9.80 Å². The Hall–Kier alpha value is -0.730. The molecule has 3 heteroatoms. The normalized spacial score (nSPS) is 30.5. The van der Waals surface area contributed by atoms with Crippen molar-refractivity contribution in [2.24, 2.45) is 4.99 Å². The van der Waals surface area contributed by atoms with Gasteiger partial charge < -0.3 is 9.80 Å². The van der Waals surface area contributed by atoms with Crippen LogP contribution in [-0.4, -0.2) is 48.5 Å². The van der Waals surface area contributed by atoms with Crippen LogP contribution in [0.1, 0.15) is 32.6 Å². The molecule has 0 bridgehead atoms. The van der Waals surface area contributed by atoms with Crippen molar-refractivity contribution in [3.05, 3.63) is 0 Å². The molecule has 0 radical (unpaired) electrons. The summed E-state index contributed by atoms with van der Waals surface area (Å²) in [5, 5.41) is 0. The van der Waals surface area contributed by atoms with E-state index in [0.29, 0.717) is 12.1 Å². The number of hydrogen-bond acceptors (Lipinski definition) is 3. The van der Waals surface area contributed by atoms with Gasteiger partial charge >= 0.3 is 0 Å². The Morgan fingerprint density at radius 1 is 1.43 bits per heavy atom. The highest BCUT2D eigenvalue weighted by molar-refractivity contribution is 5.82. The van der Waals surface area contributed by atoms with Crippen molar-refractivity contribution in [2.45, 2.75) is 44.7 Å². The van der Waals surface area contributed by atoms with Crippen molar-refractivity contribution >= 4 is 5.96 Å². The summed E-state index contributed by atoms with van der Waals surface area (Å²) < 4.78 is 0. The number of aliphatic imine (C=N–C) groups is 1. The molecule has 2 aliphatic rings. The Balaban J connectivity index is 2.14. The maximum Gasteiger partial charge on any atom is 0.196 e. The summed E-state index contributed by atoms with van der Waals surface area (Å²) in [5.41, 5.74) is 0. The molecule has 0 aromatic heterocycles. The van der Waals surface area contributed by atoms with Gasteiger partial charge in [0, 0.05) is 20.6 Å². The second-order valence-corrected chi connectivity index (χ2v) is 4.58. The van der Waals surface area contributed by atoms with Crippen LogP contribution in [0, 0.1) is 0 Å². The highest BCUT2D eigenvalue weighted by atomic mass is 15.4. The predicted molar refractivity (Wildman–Crippen MR) is 59.5 cm³/mol. The van der Waals surface area contributed by atoms with Crippen LogP contribution in [0.2, 0.25) is 0 Å². The Morgan fingerprint density at radius 3 is 2.86 bits per heavy atom. The predicted octanol–water partition coefficient (Wildman–Crippen LogP) is 1.55. The van der Waals surface area contributed by atoms with Gasteiger partial charge in [0.25, 0.3) is 0 Å². The number of hydrogen-bond donors (Lipinski definition) is 0. The van der Waals surface area contributed by atoms with E-state index in [1.54, 1.807) is 0 Å². The van der Waals surface area contributed by atoms with Crippen molar-refractivity contribution < 1.29 is 0 Å². The summed E-state index contributed by atoms with van der Waals surface area (Å²) in [6.07, 6.45) is 5.21. The van der Waals surface area contributed by atoms with E-state index in [1.807, 2.05) is 0 Å². The van der Waals surface area contributed by atoms with E-state index in [-0.39, 0.29) is 0 Å². The standard InChI is InChI=1S/C11H21N3/c1-4-8-14-10-7-5-6-9(10)12-11(14)13(2)3/h9-10H,4-8H2,1-3H3/t9-,10-/m0/s1. The van der Waals surface area contributed by atoms with Crippen LogP contribution in [-0.2, 0) is 0 Å². The lowest BCUT2D eigenvalue weighted by atomic mass is 10.2. The number of nitrogens with zero attached hydrogens (tertiary/aromatic N) is 3. The summed E-state index contributed by atoms with van der Waals surface area (Å²) in [5.74, 6) is 1.21. The average molecular weight is 195 g/mol. The highest BCUT2D eigenvalue weighted by Crippen LogP contribution is 2.32. The first-order chi connectivity index (χ1) is 6.74. The van der Waals surface area contributed by atoms with Crippen LogP contribution in [0.5, 0.6) is 0 Å². The molecule has 0 aromatic rings. The second-order valence-electron chi connectivity index (χ2n) is 4.58. The molecule has 2 rings (SSSR count). The molecule has 0 spiro atoms. The zero-order chi connectivity index (χ0) is 10.1. The monoisotopic (exact) mass is 195 g/mol. The molecule has 1 heterocycles. The fourth-order valence-corrected chi connectivity index (χ4v) is 2.68. The van der Waals surface area contributed by atoms with E-state index in [0.717, 1.165) is 6.54 Å². The molecule has 1 fully saturated rings. The van der Waals surface area contributed by atoms with Gasteiger partial charge in [0.1, 0.15) is 0 Å². The van der Waals surface area contributed by atoms with Gasteiger partial charge in [-0.3, -0.25) is 0 Å². The van der Waals surface area contributed by atoms with Gasteiger partial charge in [0.15, 0.2) is 5.96 Å². The molecule has 80 valence electrons. The Bertz CT molecular complexity index is 235. The molecule has 0 N–H and O–H groups in total. The molecule has 1 saturated carbocycles.